The molecule has 27 heavy (non-hydrogen) atoms. The number of rotatable bonds is 6. The fourth-order valence-electron chi connectivity index (χ4n) is 3.29. The molecule has 0 aliphatic carbocycles. The van der Waals surface area contributed by atoms with Crippen LogP contribution in [0, 0.1) is 0 Å². The second-order valence-electron chi connectivity index (χ2n) is 6.60. The van der Waals surface area contributed by atoms with E-state index in [1.54, 1.807) is 31.2 Å². The van der Waals surface area contributed by atoms with E-state index >= 15 is 0 Å². The molecule has 6 heteroatoms. The zero-order chi connectivity index (χ0) is 19.4. The Hall–Kier alpha value is -2.99. The second kappa shape index (κ2) is 8.14. The van der Waals surface area contributed by atoms with E-state index in [-0.39, 0.29) is 18.2 Å². The predicted octanol–water partition coefficient (Wildman–Crippen LogP) is 1.21. The number of esters is 1. The summed E-state index contributed by atoms with van der Waals surface area (Å²) < 4.78 is 4.95. The van der Waals surface area contributed by atoms with Gasteiger partial charge in [-0.3, -0.25) is 9.59 Å². The van der Waals surface area contributed by atoms with Gasteiger partial charge in [0, 0.05) is 5.56 Å². The number of benzene rings is 2. The third kappa shape index (κ3) is 4.06. The first-order valence-corrected chi connectivity index (χ1v) is 9.01. The number of carbonyl (C=O) groups is 3. The highest BCUT2D eigenvalue weighted by atomic mass is 16.5. The Bertz CT molecular complexity index is 833. The number of nitrogens with one attached hydrogen (secondary N) is 1. The van der Waals surface area contributed by atoms with E-state index in [0.29, 0.717) is 24.4 Å². The summed E-state index contributed by atoms with van der Waals surface area (Å²) in [6.45, 7) is 2.70. The van der Waals surface area contributed by atoms with Crippen LogP contribution in [0.2, 0.25) is 0 Å². The predicted molar refractivity (Wildman–Crippen MR) is 100 cm³/mol. The summed E-state index contributed by atoms with van der Waals surface area (Å²) >= 11 is 0. The first-order valence-electron chi connectivity index (χ1n) is 9.01. The van der Waals surface area contributed by atoms with Crippen LogP contribution in [-0.2, 0) is 20.9 Å². The molecule has 2 aromatic rings. The maximum atomic E-state index is 12.9. The molecule has 0 bridgehead atoms. The molecule has 3 rings (SSSR count). The van der Waals surface area contributed by atoms with E-state index < -0.39 is 12.0 Å². The van der Waals surface area contributed by atoms with Crippen molar-refractivity contribution in [2.45, 2.75) is 25.9 Å². The Kier molecular flexibility index (Phi) is 5.66. The van der Waals surface area contributed by atoms with Gasteiger partial charge in [-0.25, -0.2) is 9.69 Å². The Morgan fingerprint density at radius 3 is 2.41 bits per heavy atom. The van der Waals surface area contributed by atoms with Gasteiger partial charge >= 0.3 is 5.97 Å². The molecule has 0 saturated carbocycles. The Labute approximate surface area is 158 Å². The number of hydrogen-bond acceptors (Lipinski definition) is 4. The molecule has 1 saturated heterocycles. The van der Waals surface area contributed by atoms with E-state index in [2.05, 4.69) is 0 Å². The minimum atomic E-state index is -0.423. The second-order valence-corrected chi connectivity index (χ2v) is 6.60. The number of nitrogens with zero attached hydrogens (tertiary/aromatic N) is 1. The van der Waals surface area contributed by atoms with Crippen LogP contribution in [0.3, 0.4) is 0 Å². The van der Waals surface area contributed by atoms with Crippen LogP contribution in [0.4, 0.5) is 5.69 Å². The smallest absolute Gasteiger partial charge is 0.338 e. The fraction of sp³-hybridized carbons (Fsp3) is 0.286. The maximum absolute atomic E-state index is 12.9. The van der Waals surface area contributed by atoms with Crippen molar-refractivity contribution in [1.29, 1.82) is 0 Å². The summed E-state index contributed by atoms with van der Waals surface area (Å²) in [7, 11) is 1.93. The topological polar surface area (TPSA) is 68.1 Å². The van der Waals surface area contributed by atoms with Crippen molar-refractivity contribution in [2.75, 3.05) is 18.6 Å². The zero-order valence-corrected chi connectivity index (χ0v) is 15.5. The summed E-state index contributed by atoms with van der Waals surface area (Å²) in [5, 5.41) is 0. The SMILES string of the molecule is CCOC(=O)c1ccc(N2C(=O)C[C@H]([NH+](C)Cc3ccccc3)C2=O)cc1. The molecule has 0 radical (unpaired) electrons. The van der Waals surface area contributed by atoms with Gasteiger partial charge in [-0.15, -0.1) is 0 Å². The summed E-state index contributed by atoms with van der Waals surface area (Å²) in [4.78, 5) is 39.3. The molecule has 1 unspecified atom stereocenters. The number of quaternary nitrogens is 1. The zero-order valence-electron chi connectivity index (χ0n) is 15.5. The fourth-order valence-corrected chi connectivity index (χ4v) is 3.29. The number of carbonyl (C=O) groups excluding carboxylic acids is 3. The lowest BCUT2D eigenvalue weighted by Crippen LogP contribution is -3.12. The van der Waals surface area contributed by atoms with Gasteiger partial charge in [0.1, 0.15) is 6.54 Å². The first-order chi connectivity index (χ1) is 13.0. The normalized spacial score (nSPS) is 17.9. The molecule has 2 aromatic carbocycles. The van der Waals surface area contributed by atoms with Crippen molar-refractivity contribution < 1.29 is 24.0 Å². The third-order valence-electron chi connectivity index (χ3n) is 4.70. The van der Waals surface area contributed by atoms with E-state index in [1.807, 2.05) is 37.4 Å². The monoisotopic (exact) mass is 367 g/mol. The highest BCUT2D eigenvalue weighted by Gasteiger charge is 2.44. The number of imide groups is 1. The van der Waals surface area contributed by atoms with E-state index in [4.69, 9.17) is 4.74 Å². The molecular formula is C21H23N2O4+. The molecule has 1 N–H and O–H groups in total. The first kappa shape index (κ1) is 18.8. The van der Waals surface area contributed by atoms with Gasteiger partial charge in [0.15, 0.2) is 6.04 Å². The molecule has 6 nitrogen and oxygen atoms in total. The number of ether oxygens (including phenoxy) is 1. The Balaban J connectivity index is 1.73. The van der Waals surface area contributed by atoms with Gasteiger partial charge in [0.2, 0.25) is 5.91 Å². The molecule has 1 heterocycles. The van der Waals surface area contributed by atoms with Gasteiger partial charge in [-0.2, -0.15) is 0 Å². The molecule has 0 spiro atoms. The van der Waals surface area contributed by atoms with Gasteiger partial charge in [0.05, 0.1) is 31.3 Å². The van der Waals surface area contributed by atoms with Crippen LogP contribution in [0.15, 0.2) is 54.6 Å². The highest BCUT2D eigenvalue weighted by Crippen LogP contribution is 2.22. The minimum absolute atomic E-state index is 0.178. The molecule has 2 amide bonds. The van der Waals surface area contributed by atoms with Gasteiger partial charge in [-0.05, 0) is 31.2 Å². The summed E-state index contributed by atoms with van der Waals surface area (Å²) in [5.74, 6) is -0.855. The molecule has 2 atom stereocenters. The van der Waals surface area contributed by atoms with Crippen molar-refractivity contribution in [2.24, 2.45) is 0 Å². The minimum Gasteiger partial charge on any atom is -0.462 e. The van der Waals surface area contributed by atoms with Crippen LogP contribution >= 0.6 is 0 Å². The Morgan fingerprint density at radius 2 is 1.78 bits per heavy atom. The van der Waals surface area contributed by atoms with Crippen molar-refractivity contribution >= 4 is 23.5 Å². The van der Waals surface area contributed by atoms with Crippen LogP contribution in [0.25, 0.3) is 0 Å². The highest BCUT2D eigenvalue weighted by molar-refractivity contribution is 6.21. The van der Waals surface area contributed by atoms with Gasteiger partial charge in [0.25, 0.3) is 5.91 Å². The molecule has 1 aliphatic rings. The van der Waals surface area contributed by atoms with Crippen molar-refractivity contribution in [3.63, 3.8) is 0 Å². The molecule has 1 fully saturated rings. The largest absolute Gasteiger partial charge is 0.462 e. The van der Waals surface area contributed by atoms with Crippen molar-refractivity contribution in [3.8, 4) is 0 Å². The van der Waals surface area contributed by atoms with Crippen molar-refractivity contribution in [1.82, 2.24) is 0 Å². The lowest BCUT2D eigenvalue weighted by Gasteiger charge is -2.20. The van der Waals surface area contributed by atoms with Gasteiger partial charge < -0.3 is 9.64 Å². The number of anilines is 1. The summed E-state index contributed by atoms with van der Waals surface area (Å²) in [6, 6.07) is 15.8. The van der Waals surface area contributed by atoms with Crippen molar-refractivity contribution in [3.05, 3.63) is 65.7 Å². The average molecular weight is 367 g/mol. The van der Waals surface area contributed by atoms with Gasteiger partial charge in [-0.1, -0.05) is 30.3 Å². The maximum Gasteiger partial charge on any atom is 0.338 e. The van der Waals surface area contributed by atoms with E-state index in [0.717, 1.165) is 10.5 Å². The quantitative estimate of drug-likeness (QED) is 0.616. The van der Waals surface area contributed by atoms with E-state index in [9.17, 15) is 14.4 Å². The molecule has 0 aromatic heterocycles. The standard InChI is InChI=1S/C21H22N2O4/c1-3-27-21(26)16-9-11-17(12-10-16)23-19(24)13-18(20(23)25)22(2)14-15-7-5-4-6-8-15/h4-12,18H,3,13-14H2,1-2H3/p+1/t18-/m0/s1. The summed E-state index contributed by atoms with van der Waals surface area (Å²) in [6.07, 6.45) is 0.178. The number of likely N-dealkylation sites (N-methyl/N-ethyl adjacent to an activating group) is 1. The number of hydrogen-bond donors (Lipinski definition) is 1. The van der Waals surface area contributed by atoms with Crippen LogP contribution in [0.1, 0.15) is 29.3 Å². The lowest BCUT2D eigenvalue weighted by atomic mass is 10.1. The average Bonchev–Trinajstić information content (AvgIpc) is 2.97. The van der Waals surface area contributed by atoms with E-state index in [1.165, 1.54) is 4.90 Å². The lowest BCUT2D eigenvalue weighted by molar-refractivity contribution is -0.908. The van der Waals surface area contributed by atoms with Crippen LogP contribution in [0.5, 0.6) is 0 Å². The Morgan fingerprint density at radius 1 is 1.11 bits per heavy atom. The van der Waals surface area contributed by atoms with Crippen LogP contribution < -0.4 is 9.80 Å². The molecule has 140 valence electrons. The summed E-state index contributed by atoms with van der Waals surface area (Å²) in [5.41, 5.74) is 1.99. The molecular weight excluding hydrogens is 344 g/mol. The number of amides is 2. The van der Waals surface area contributed by atoms with Crippen LogP contribution in [-0.4, -0.2) is 37.5 Å². The molecule has 1 aliphatic heterocycles. The third-order valence-corrected chi connectivity index (χ3v) is 4.70.